The molecule has 0 spiro atoms. The van der Waals surface area contributed by atoms with Gasteiger partial charge in [-0.25, -0.2) is 15.0 Å². The highest BCUT2D eigenvalue weighted by Crippen LogP contribution is 2.35. The van der Waals surface area contributed by atoms with Crippen LogP contribution in [-0.4, -0.2) is 43.8 Å². The number of halogens is 1. The Labute approximate surface area is 220 Å². The van der Waals surface area contributed by atoms with E-state index < -0.39 is 5.91 Å². The summed E-state index contributed by atoms with van der Waals surface area (Å²) in [5.74, 6) is -0.271. The number of aromatic nitrogens is 4. The molecule has 0 unspecified atom stereocenters. The number of amides is 2. The van der Waals surface area contributed by atoms with Crippen molar-refractivity contribution in [3.05, 3.63) is 81.1 Å². The third kappa shape index (κ3) is 4.72. The SMILES string of the molecule is COc1cnc(Cl)cc1-c1cc(C)ncc1C(=O)Nc1nc2c(s1)CN(C(=O)c1ncccc1C#N)C2. The average molecular weight is 532 g/mol. The van der Waals surface area contributed by atoms with Crippen LogP contribution in [0.3, 0.4) is 0 Å². The van der Waals surface area contributed by atoms with Gasteiger partial charge in [0.05, 0.1) is 48.1 Å². The van der Waals surface area contributed by atoms with Gasteiger partial charge in [0.2, 0.25) is 0 Å². The first-order valence-corrected chi connectivity index (χ1v) is 12.2. The van der Waals surface area contributed by atoms with E-state index in [4.69, 9.17) is 16.3 Å². The van der Waals surface area contributed by atoms with E-state index in [1.165, 1.54) is 37.0 Å². The van der Waals surface area contributed by atoms with Crippen LogP contribution in [0.25, 0.3) is 11.1 Å². The van der Waals surface area contributed by atoms with Crippen LogP contribution in [0.2, 0.25) is 5.15 Å². The zero-order chi connectivity index (χ0) is 26.1. The quantitative estimate of drug-likeness (QED) is 0.378. The number of carbonyl (C=O) groups excluding carboxylic acids is 2. The van der Waals surface area contributed by atoms with Crippen molar-refractivity contribution in [1.82, 2.24) is 24.8 Å². The number of fused-ring (bicyclic) bond motifs is 1. The van der Waals surface area contributed by atoms with E-state index in [0.717, 1.165) is 4.88 Å². The van der Waals surface area contributed by atoms with Gasteiger partial charge >= 0.3 is 0 Å². The van der Waals surface area contributed by atoms with Crippen LogP contribution in [0.5, 0.6) is 5.75 Å². The molecule has 0 aromatic carbocycles. The van der Waals surface area contributed by atoms with Gasteiger partial charge in [-0.2, -0.15) is 5.26 Å². The molecule has 37 heavy (non-hydrogen) atoms. The summed E-state index contributed by atoms with van der Waals surface area (Å²) in [6, 6.07) is 8.58. The Bertz CT molecular complexity index is 1570. The number of nitrogens with zero attached hydrogens (tertiary/aromatic N) is 6. The van der Waals surface area contributed by atoms with Crippen molar-refractivity contribution in [3.63, 3.8) is 0 Å². The van der Waals surface area contributed by atoms with Gasteiger partial charge in [-0.15, -0.1) is 0 Å². The Morgan fingerprint density at radius 2 is 2.03 bits per heavy atom. The van der Waals surface area contributed by atoms with Crippen molar-refractivity contribution in [3.8, 4) is 22.9 Å². The highest BCUT2D eigenvalue weighted by Gasteiger charge is 2.30. The number of ether oxygens (including phenoxy) is 1. The average Bonchev–Trinajstić information content (AvgIpc) is 3.47. The third-order valence-corrected chi connectivity index (χ3v) is 6.93. The van der Waals surface area contributed by atoms with Gasteiger partial charge in [-0.1, -0.05) is 22.9 Å². The van der Waals surface area contributed by atoms with Crippen molar-refractivity contribution in [2.75, 3.05) is 12.4 Å². The molecule has 4 aromatic heterocycles. The number of anilines is 1. The molecule has 0 fully saturated rings. The highest BCUT2D eigenvalue weighted by molar-refractivity contribution is 7.16. The Balaban J connectivity index is 1.36. The molecular weight excluding hydrogens is 514 g/mol. The number of hydrogen-bond acceptors (Lipinski definition) is 9. The first-order chi connectivity index (χ1) is 17.9. The van der Waals surface area contributed by atoms with Crippen LogP contribution in [-0.2, 0) is 13.1 Å². The fourth-order valence-corrected chi connectivity index (χ4v) is 5.11. The van der Waals surface area contributed by atoms with E-state index in [0.29, 0.717) is 45.5 Å². The van der Waals surface area contributed by atoms with Crippen LogP contribution in [0, 0.1) is 18.3 Å². The van der Waals surface area contributed by atoms with Gasteiger partial charge in [0, 0.05) is 29.2 Å². The Morgan fingerprint density at radius 1 is 1.19 bits per heavy atom. The molecule has 1 aliphatic rings. The zero-order valence-electron chi connectivity index (χ0n) is 19.6. The van der Waals surface area contributed by atoms with Crippen molar-refractivity contribution in [2.24, 2.45) is 0 Å². The molecule has 5 rings (SSSR count). The standard InChI is InChI=1S/C25H18ClN7O3S/c1-13-6-15(16-7-21(26)30-10-19(16)36-2)17(9-29-13)23(34)32-25-31-18-11-33(12-20(18)37-25)24(35)22-14(8-27)4-3-5-28-22/h3-7,9-10H,11-12H2,1-2H3,(H,31,32,34). The first kappa shape index (κ1) is 24.3. The summed E-state index contributed by atoms with van der Waals surface area (Å²) >= 11 is 7.41. The molecule has 0 atom stereocenters. The number of pyridine rings is 3. The molecule has 0 bridgehead atoms. The molecule has 1 N–H and O–H groups in total. The lowest BCUT2D eigenvalue weighted by molar-refractivity contribution is 0.0744. The summed E-state index contributed by atoms with van der Waals surface area (Å²) < 4.78 is 5.43. The number of aryl methyl sites for hydroxylation is 1. The summed E-state index contributed by atoms with van der Waals surface area (Å²) in [7, 11) is 1.52. The van der Waals surface area contributed by atoms with Crippen molar-refractivity contribution < 1.29 is 14.3 Å². The minimum Gasteiger partial charge on any atom is -0.494 e. The zero-order valence-corrected chi connectivity index (χ0v) is 21.2. The largest absolute Gasteiger partial charge is 0.494 e. The van der Waals surface area contributed by atoms with Crippen LogP contribution < -0.4 is 10.1 Å². The minimum atomic E-state index is -0.398. The maximum Gasteiger partial charge on any atom is 0.274 e. The van der Waals surface area contributed by atoms with E-state index in [-0.39, 0.29) is 28.9 Å². The molecule has 0 saturated heterocycles. The van der Waals surface area contributed by atoms with E-state index >= 15 is 0 Å². The fraction of sp³-hybridized carbons (Fsp3) is 0.160. The molecule has 1 aliphatic heterocycles. The minimum absolute atomic E-state index is 0.111. The first-order valence-electron chi connectivity index (χ1n) is 11.0. The van der Waals surface area contributed by atoms with Crippen molar-refractivity contribution in [1.29, 1.82) is 5.26 Å². The Morgan fingerprint density at radius 3 is 2.78 bits per heavy atom. The predicted octanol–water partition coefficient (Wildman–Crippen LogP) is 4.25. The molecule has 12 heteroatoms. The van der Waals surface area contributed by atoms with Crippen molar-refractivity contribution >= 4 is 39.9 Å². The number of thiazole rings is 1. The predicted molar refractivity (Wildman–Crippen MR) is 136 cm³/mol. The summed E-state index contributed by atoms with van der Waals surface area (Å²) in [4.78, 5) is 45.5. The molecule has 0 aliphatic carbocycles. The fourth-order valence-electron chi connectivity index (χ4n) is 3.97. The van der Waals surface area contributed by atoms with Gasteiger partial charge in [0.25, 0.3) is 11.8 Å². The molecule has 2 amide bonds. The van der Waals surface area contributed by atoms with E-state index in [2.05, 4.69) is 25.3 Å². The third-order valence-electron chi connectivity index (χ3n) is 5.72. The molecule has 0 saturated carbocycles. The van der Waals surface area contributed by atoms with E-state index in [9.17, 15) is 14.9 Å². The van der Waals surface area contributed by atoms with E-state index in [1.807, 2.05) is 13.0 Å². The second-order valence-electron chi connectivity index (χ2n) is 8.09. The molecule has 0 radical (unpaired) electrons. The second kappa shape index (κ2) is 9.93. The molecule has 4 aromatic rings. The monoisotopic (exact) mass is 531 g/mol. The Hall–Kier alpha value is -4.40. The number of nitriles is 1. The number of hydrogen-bond donors (Lipinski definition) is 1. The van der Waals surface area contributed by atoms with Gasteiger partial charge < -0.3 is 9.64 Å². The van der Waals surface area contributed by atoms with Gasteiger partial charge in [-0.3, -0.25) is 19.9 Å². The maximum atomic E-state index is 13.3. The number of rotatable bonds is 5. The lowest BCUT2D eigenvalue weighted by atomic mass is 10.0. The maximum absolute atomic E-state index is 13.3. The van der Waals surface area contributed by atoms with Crippen LogP contribution >= 0.6 is 22.9 Å². The van der Waals surface area contributed by atoms with E-state index in [1.54, 1.807) is 29.2 Å². The summed E-state index contributed by atoms with van der Waals surface area (Å²) in [5, 5.41) is 12.8. The normalized spacial score (nSPS) is 12.1. The molecule has 184 valence electrons. The number of methoxy groups -OCH3 is 1. The molecular formula is C25H18ClN7O3S. The van der Waals surface area contributed by atoms with Crippen LogP contribution in [0.1, 0.15) is 42.7 Å². The van der Waals surface area contributed by atoms with Gasteiger partial charge in [-0.05, 0) is 31.2 Å². The smallest absolute Gasteiger partial charge is 0.274 e. The lowest BCUT2D eigenvalue weighted by Gasteiger charge is -2.15. The van der Waals surface area contributed by atoms with Crippen LogP contribution in [0.4, 0.5) is 5.13 Å². The molecule has 10 nitrogen and oxygen atoms in total. The molecule has 5 heterocycles. The number of carbonyl (C=O) groups is 2. The number of nitrogens with one attached hydrogen (secondary N) is 1. The second-order valence-corrected chi connectivity index (χ2v) is 9.57. The van der Waals surface area contributed by atoms with Gasteiger partial charge in [0.1, 0.15) is 22.7 Å². The topological polar surface area (TPSA) is 134 Å². The van der Waals surface area contributed by atoms with Crippen LogP contribution in [0.15, 0.2) is 42.9 Å². The van der Waals surface area contributed by atoms with Gasteiger partial charge in [0.15, 0.2) is 5.13 Å². The summed E-state index contributed by atoms with van der Waals surface area (Å²) in [5.41, 5.74) is 3.26. The Kier molecular flexibility index (Phi) is 6.52. The summed E-state index contributed by atoms with van der Waals surface area (Å²) in [6.45, 7) is 2.39. The highest BCUT2D eigenvalue weighted by atomic mass is 35.5. The summed E-state index contributed by atoms with van der Waals surface area (Å²) in [6.07, 6.45) is 4.47. The van der Waals surface area contributed by atoms with Crippen molar-refractivity contribution in [2.45, 2.75) is 20.0 Å². The lowest BCUT2D eigenvalue weighted by Crippen LogP contribution is -2.27.